The van der Waals surface area contributed by atoms with Crippen molar-refractivity contribution in [3.05, 3.63) is 132 Å². The minimum atomic E-state index is -3.74. The minimum Gasteiger partial charge on any atom is -0.497 e. The van der Waals surface area contributed by atoms with Gasteiger partial charge < -0.3 is 23.4 Å². The Morgan fingerprint density at radius 2 is 1.38 bits per heavy atom. The Morgan fingerprint density at radius 1 is 0.828 bits per heavy atom. The van der Waals surface area contributed by atoms with Gasteiger partial charge in [0.25, 0.3) is 8.32 Å². The highest BCUT2D eigenvalue weighted by Crippen LogP contribution is 2.38. The molecular formula is C48H62O8SSi. The lowest BCUT2D eigenvalue weighted by Gasteiger charge is -2.42. The molecule has 0 unspecified atom stereocenters. The van der Waals surface area contributed by atoms with Crippen molar-refractivity contribution in [3.63, 3.8) is 0 Å². The molecule has 312 valence electrons. The number of hydrogen-bond acceptors (Lipinski definition) is 8. The summed E-state index contributed by atoms with van der Waals surface area (Å²) in [6, 6.07) is 37.0. The fourth-order valence-electron chi connectivity index (χ4n) is 7.94. The van der Waals surface area contributed by atoms with E-state index in [0.717, 1.165) is 27.3 Å². The summed E-state index contributed by atoms with van der Waals surface area (Å²) >= 11 is 0. The van der Waals surface area contributed by atoms with Gasteiger partial charge >= 0.3 is 0 Å². The van der Waals surface area contributed by atoms with Gasteiger partial charge in [-0.2, -0.15) is 0 Å². The Labute approximate surface area is 348 Å². The summed E-state index contributed by atoms with van der Waals surface area (Å²) < 4.78 is 59.0. The molecular weight excluding hydrogens is 765 g/mol. The summed E-state index contributed by atoms with van der Waals surface area (Å²) in [7, 11) is -5.01. The van der Waals surface area contributed by atoms with Crippen molar-refractivity contribution in [1.82, 2.24) is 0 Å². The lowest BCUT2D eigenvalue weighted by Crippen LogP contribution is -2.66. The van der Waals surface area contributed by atoms with Gasteiger partial charge in [-0.1, -0.05) is 137 Å². The van der Waals surface area contributed by atoms with E-state index in [1.807, 2.05) is 63.2 Å². The number of hydrogen-bond donors (Lipinski definition) is 0. The van der Waals surface area contributed by atoms with Gasteiger partial charge in [0.2, 0.25) is 0 Å². The van der Waals surface area contributed by atoms with Crippen LogP contribution in [0.3, 0.4) is 0 Å². The van der Waals surface area contributed by atoms with E-state index < -0.39 is 29.4 Å². The van der Waals surface area contributed by atoms with E-state index in [9.17, 15) is 13.2 Å². The van der Waals surface area contributed by atoms with Gasteiger partial charge in [0, 0.05) is 18.3 Å². The van der Waals surface area contributed by atoms with Crippen molar-refractivity contribution >= 4 is 34.3 Å². The van der Waals surface area contributed by atoms with Gasteiger partial charge in [-0.25, -0.2) is 8.42 Å². The third kappa shape index (κ3) is 11.4. The molecule has 58 heavy (non-hydrogen) atoms. The monoisotopic (exact) mass is 826 g/mol. The van der Waals surface area contributed by atoms with Gasteiger partial charge in [-0.05, 0) is 72.4 Å². The van der Waals surface area contributed by atoms with Crippen molar-refractivity contribution in [2.75, 3.05) is 19.5 Å². The quantitative estimate of drug-likeness (QED) is 0.0684. The molecule has 1 heterocycles. The Bertz CT molecular complexity index is 2020. The van der Waals surface area contributed by atoms with Crippen molar-refractivity contribution in [3.8, 4) is 5.75 Å². The first-order valence-corrected chi connectivity index (χ1v) is 23.8. The second kappa shape index (κ2) is 19.0. The lowest BCUT2D eigenvalue weighted by molar-refractivity contribution is -0.148. The van der Waals surface area contributed by atoms with Crippen LogP contribution in [0.1, 0.15) is 80.2 Å². The van der Waals surface area contributed by atoms with E-state index in [1.54, 1.807) is 51.3 Å². The van der Waals surface area contributed by atoms with Gasteiger partial charge in [0.05, 0.1) is 49.3 Å². The highest BCUT2D eigenvalue weighted by Gasteiger charge is 2.50. The maximum atomic E-state index is 14.4. The van der Waals surface area contributed by atoms with Crippen LogP contribution in [-0.4, -0.2) is 66.1 Å². The third-order valence-corrected chi connectivity index (χ3v) is 18.0. The molecule has 0 aromatic heterocycles. The van der Waals surface area contributed by atoms with E-state index >= 15 is 0 Å². The molecule has 1 aliphatic heterocycles. The Morgan fingerprint density at radius 3 is 1.88 bits per heavy atom. The zero-order valence-corrected chi connectivity index (χ0v) is 37.5. The van der Waals surface area contributed by atoms with Gasteiger partial charge in [0.15, 0.2) is 15.6 Å². The highest BCUT2D eigenvalue weighted by atomic mass is 32.2. The first kappa shape index (κ1) is 45.2. The van der Waals surface area contributed by atoms with Gasteiger partial charge in [-0.3, -0.25) is 4.79 Å². The molecule has 4 aromatic carbocycles. The van der Waals surface area contributed by atoms with Crippen molar-refractivity contribution in [2.24, 2.45) is 5.41 Å². The topological polar surface area (TPSA) is 97.4 Å². The predicted molar refractivity (Wildman–Crippen MR) is 234 cm³/mol. The molecule has 0 spiro atoms. The molecule has 0 N–H and O–H groups in total. The SMILES string of the molecule is COc1ccc(CO[C@@H](C/C(=C\CO[Si](c2ccccc2)(c2ccccc2)C(C)(C)C)CC(=O)C(C)(C)CS(=O)(=O)c2ccccc2)C[C@H]2OC(C)(C)O[C@@H]2C)cc1. The van der Waals surface area contributed by atoms with Crippen LogP contribution < -0.4 is 15.1 Å². The fraction of sp³-hybridized carbons (Fsp3) is 0.438. The number of methoxy groups -OCH3 is 1. The zero-order valence-electron chi connectivity index (χ0n) is 35.7. The second-order valence-corrected chi connectivity index (χ2v) is 23.8. The highest BCUT2D eigenvalue weighted by molar-refractivity contribution is 7.91. The largest absolute Gasteiger partial charge is 0.497 e. The molecule has 1 fully saturated rings. The van der Waals surface area contributed by atoms with Crippen LogP contribution >= 0.6 is 0 Å². The van der Waals surface area contributed by atoms with Crippen LogP contribution in [0.4, 0.5) is 0 Å². The van der Waals surface area contributed by atoms with Crippen LogP contribution in [-0.2, 0) is 39.9 Å². The molecule has 0 saturated carbocycles. The normalized spacial score (nSPS) is 18.2. The van der Waals surface area contributed by atoms with Crippen LogP contribution in [0, 0.1) is 5.41 Å². The molecule has 0 bridgehead atoms. The summed E-state index contributed by atoms with van der Waals surface area (Å²) in [6.07, 6.45) is 2.21. The third-order valence-electron chi connectivity index (χ3n) is 10.9. The van der Waals surface area contributed by atoms with E-state index in [-0.39, 0.29) is 52.8 Å². The van der Waals surface area contributed by atoms with E-state index in [0.29, 0.717) is 19.4 Å². The number of ether oxygens (including phenoxy) is 4. The van der Waals surface area contributed by atoms with Crippen molar-refractivity contribution in [1.29, 1.82) is 0 Å². The summed E-state index contributed by atoms with van der Waals surface area (Å²) in [5.74, 6) is -0.467. The summed E-state index contributed by atoms with van der Waals surface area (Å²) in [5.41, 5.74) is 0.623. The van der Waals surface area contributed by atoms with Crippen LogP contribution in [0.15, 0.2) is 132 Å². The number of carbonyl (C=O) groups excluding carboxylic acids is 1. The summed E-state index contributed by atoms with van der Waals surface area (Å²) in [5, 5.41) is 2.06. The fourth-order valence-corrected chi connectivity index (χ4v) is 14.3. The lowest BCUT2D eigenvalue weighted by atomic mass is 9.85. The van der Waals surface area contributed by atoms with Gasteiger partial charge in [-0.15, -0.1) is 0 Å². The van der Waals surface area contributed by atoms with Crippen LogP contribution in [0.2, 0.25) is 5.04 Å². The number of ketones is 1. The zero-order chi connectivity index (χ0) is 42.2. The number of Topliss-reactive ketones (excluding diaryl/α,β-unsaturated/α-hetero) is 1. The molecule has 5 rings (SSSR count). The van der Waals surface area contributed by atoms with Crippen molar-refractivity contribution < 1.29 is 36.6 Å². The number of rotatable bonds is 19. The van der Waals surface area contributed by atoms with E-state index in [1.165, 1.54) is 0 Å². The summed E-state index contributed by atoms with van der Waals surface area (Å²) in [6.45, 7) is 16.6. The van der Waals surface area contributed by atoms with Crippen LogP contribution in [0.5, 0.6) is 5.75 Å². The molecule has 8 nitrogen and oxygen atoms in total. The standard InChI is InChI=1S/C48H62O8SSi/c1-36-44(56-48(7,8)55-36)33-40(53-34-37-25-27-39(52-9)28-26-37)31-38(32-45(49)47(5,6)35-57(50,51)41-19-13-10-14-20-41)29-30-54-58(46(2,3)4,42-21-15-11-16-22-42)43-23-17-12-18-24-43/h10-29,36,40,44H,30-35H2,1-9H3/b38-29+/t36-,40+,44-/m1/s1. The molecule has 3 atom stereocenters. The first-order valence-electron chi connectivity index (χ1n) is 20.2. The maximum Gasteiger partial charge on any atom is 0.261 e. The van der Waals surface area contributed by atoms with E-state index in [4.69, 9.17) is 23.4 Å². The molecule has 4 aromatic rings. The average molecular weight is 827 g/mol. The Hall–Kier alpha value is -3.90. The number of benzene rings is 4. The molecule has 0 radical (unpaired) electrons. The Kier molecular flexibility index (Phi) is 14.8. The molecule has 1 saturated heterocycles. The van der Waals surface area contributed by atoms with Gasteiger partial charge in [0.1, 0.15) is 11.5 Å². The average Bonchev–Trinajstić information content (AvgIpc) is 3.45. The predicted octanol–water partition coefficient (Wildman–Crippen LogP) is 8.86. The number of sulfone groups is 1. The molecule has 0 amide bonds. The molecule has 1 aliphatic rings. The van der Waals surface area contributed by atoms with Crippen LogP contribution in [0.25, 0.3) is 0 Å². The molecule has 10 heteroatoms. The summed E-state index contributed by atoms with van der Waals surface area (Å²) in [4.78, 5) is 14.6. The first-order chi connectivity index (χ1) is 27.3. The second-order valence-electron chi connectivity index (χ2n) is 17.5. The Balaban J connectivity index is 1.51. The number of carbonyl (C=O) groups is 1. The smallest absolute Gasteiger partial charge is 0.261 e. The molecule has 0 aliphatic carbocycles. The minimum absolute atomic E-state index is 0.0346. The van der Waals surface area contributed by atoms with Crippen molar-refractivity contribution in [2.45, 2.75) is 115 Å². The maximum absolute atomic E-state index is 14.4. The van der Waals surface area contributed by atoms with E-state index in [2.05, 4.69) is 69.3 Å².